The number of fused-ring (bicyclic) bond motifs is 1. The van der Waals surface area contributed by atoms with Gasteiger partial charge in [-0.3, -0.25) is 0 Å². The van der Waals surface area contributed by atoms with E-state index < -0.39 is 0 Å². The molecule has 2 N–H and O–H groups in total. The van der Waals surface area contributed by atoms with Crippen LogP contribution in [0, 0.1) is 5.92 Å². The molecule has 1 aliphatic heterocycles. The van der Waals surface area contributed by atoms with Crippen LogP contribution < -0.4 is 10.6 Å². The molecule has 0 radical (unpaired) electrons. The molecule has 0 bridgehead atoms. The molecule has 1 aliphatic carbocycles. The largest absolute Gasteiger partial charge is 0.313 e. The first kappa shape index (κ1) is 11.2. The number of hydrogen-bond acceptors (Lipinski definition) is 2. The lowest BCUT2D eigenvalue weighted by Gasteiger charge is -2.23. The summed E-state index contributed by atoms with van der Waals surface area (Å²) in [7, 11) is 0. The van der Waals surface area contributed by atoms with Crippen LogP contribution in [0.15, 0.2) is 24.3 Å². The van der Waals surface area contributed by atoms with Crippen LogP contribution in [0.3, 0.4) is 0 Å². The molecule has 0 aromatic heterocycles. The molecule has 17 heavy (non-hydrogen) atoms. The van der Waals surface area contributed by atoms with Crippen LogP contribution in [-0.4, -0.2) is 12.6 Å². The Morgan fingerprint density at radius 2 is 2.06 bits per heavy atom. The molecule has 1 saturated carbocycles. The van der Waals surface area contributed by atoms with Crippen molar-refractivity contribution in [1.29, 1.82) is 0 Å². The van der Waals surface area contributed by atoms with E-state index in [1.54, 1.807) is 0 Å². The predicted molar refractivity (Wildman–Crippen MR) is 70.8 cm³/mol. The van der Waals surface area contributed by atoms with Crippen molar-refractivity contribution in [3.05, 3.63) is 35.4 Å². The van der Waals surface area contributed by atoms with Gasteiger partial charge in [0.15, 0.2) is 0 Å². The summed E-state index contributed by atoms with van der Waals surface area (Å²) >= 11 is 0. The Hall–Kier alpha value is -0.860. The highest BCUT2D eigenvalue weighted by Gasteiger charge is 2.30. The summed E-state index contributed by atoms with van der Waals surface area (Å²) in [6, 6.07) is 10.1. The van der Waals surface area contributed by atoms with Gasteiger partial charge < -0.3 is 10.6 Å². The van der Waals surface area contributed by atoms with Crippen molar-refractivity contribution in [2.24, 2.45) is 5.92 Å². The SMILES string of the molecule is CC(NC1CCNCc2ccccc21)C1CC1. The van der Waals surface area contributed by atoms with Gasteiger partial charge in [-0.25, -0.2) is 0 Å². The molecule has 2 aliphatic rings. The van der Waals surface area contributed by atoms with Crippen molar-refractivity contribution in [2.75, 3.05) is 6.54 Å². The highest BCUT2D eigenvalue weighted by atomic mass is 15.0. The van der Waals surface area contributed by atoms with E-state index in [1.807, 2.05) is 0 Å². The first-order valence-corrected chi connectivity index (χ1v) is 6.89. The smallest absolute Gasteiger partial charge is 0.0337 e. The lowest BCUT2D eigenvalue weighted by atomic mass is 9.98. The minimum Gasteiger partial charge on any atom is -0.313 e. The predicted octanol–water partition coefficient (Wildman–Crippen LogP) is 2.61. The van der Waals surface area contributed by atoms with Crippen LogP contribution in [0.5, 0.6) is 0 Å². The minimum atomic E-state index is 0.539. The summed E-state index contributed by atoms with van der Waals surface area (Å²) < 4.78 is 0. The van der Waals surface area contributed by atoms with E-state index in [2.05, 4.69) is 41.8 Å². The van der Waals surface area contributed by atoms with Crippen LogP contribution >= 0.6 is 0 Å². The fourth-order valence-electron chi connectivity index (χ4n) is 2.88. The van der Waals surface area contributed by atoms with Gasteiger partial charge in [0, 0.05) is 18.6 Å². The summed E-state index contributed by atoms with van der Waals surface area (Å²) in [4.78, 5) is 0. The number of nitrogens with one attached hydrogen (secondary N) is 2. The van der Waals surface area contributed by atoms with Crippen molar-refractivity contribution >= 4 is 0 Å². The third kappa shape index (κ3) is 2.53. The second-order valence-corrected chi connectivity index (χ2v) is 5.51. The standard InChI is InChI=1S/C15H22N2/c1-11(12-6-7-12)17-15-8-9-16-10-13-4-2-3-5-14(13)15/h2-5,11-12,15-17H,6-10H2,1H3. The maximum absolute atomic E-state index is 3.84. The van der Waals surface area contributed by atoms with Crippen LogP contribution in [-0.2, 0) is 6.54 Å². The van der Waals surface area contributed by atoms with Gasteiger partial charge in [0.2, 0.25) is 0 Å². The quantitative estimate of drug-likeness (QED) is 0.834. The van der Waals surface area contributed by atoms with Crippen molar-refractivity contribution in [2.45, 2.75) is 44.8 Å². The molecule has 0 spiro atoms. The Bertz CT molecular complexity index is 384. The summed E-state index contributed by atoms with van der Waals surface area (Å²) in [5, 5.41) is 7.35. The average molecular weight is 230 g/mol. The van der Waals surface area contributed by atoms with Gasteiger partial charge in [0.05, 0.1) is 0 Å². The molecule has 1 aromatic carbocycles. The van der Waals surface area contributed by atoms with E-state index in [1.165, 1.54) is 30.4 Å². The molecule has 0 amide bonds. The first-order valence-electron chi connectivity index (χ1n) is 6.89. The molecule has 3 rings (SSSR count). The van der Waals surface area contributed by atoms with E-state index in [0.29, 0.717) is 12.1 Å². The van der Waals surface area contributed by atoms with E-state index in [-0.39, 0.29) is 0 Å². The van der Waals surface area contributed by atoms with E-state index in [0.717, 1.165) is 19.0 Å². The van der Waals surface area contributed by atoms with Crippen molar-refractivity contribution in [3.63, 3.8) is 0 Å². The van der Waals surface area contributed by atoms with Crippen molar-refractivity contribution in [1.82, 2.24) is 10.6 Å². The normalized spacial score (nSPS) is 26.1. The Labute approximate surface area is 104 Å². The number of hydrogen-bond donors (Lipinski definition) is 2. The fraction of sp³-hybridized carbons (Fsp3) is 0.600. The average Bonchev–Trinajstić information content (AvgIpc) is 3.16. The molecule has 1 fully saturated rings. The third-order valence-corrected chi connectivity index (χ3v) is 4.15. The lowest BCUT2D eigenvalue weighted by molar-refractivity contribution is 0.406. The maximum atomic E-state index is 3.84. The Balaban J connectivity index is 1.78. The van der Waals surface area contributed by atoms with Gasteiger partial charge in [-0.15, -0.1) is 0 Å². The molecular formula is C15H22N2. The van der Waals surface area contributed by atoms with Gasteiger partial charge >= 0.3 is 0 Å². The summed E-state index contributed by atoms with van der Waals surface area (Å²) in [5.74, 6) is 0.929. The Morgan fingerprint density at radius 3 is 2.88 bits per heavy atom. The molecule has 1 aromatic rings. The monoisotopic (exact) mass is 230 g/mol. The topological polar surface area (TPSA) is 24.1 Å². The summed E-state index contributed by atoms with van der Waals surface area (Å²) in [5.41, 5.74) is 2.97. The van der Waals surface area contributed by atoms with Crippen molar-refractivity contribution in [3.8, 4) is 0 Å². The highest BCUT2D eigenvalue weighted by Crippen LogP contribution is 2.34. The number of benzene rings is 1. The Kier molecular flexibility index (Phi) is 3.17. The zero-order valence-corrected chi connectivity index (χ0v) is 10.6. The van der Waals surface area contributed by atoms with Crippen molar-refractivity contribution < 1.29 is 0 Å². The molecular weight excluding hydrogens is 208 g/mol. The van der Waals surface area contributed by atoms with Crippen LogP contribution in [0.4, 0.5) is 0 Å². The molecule has 2 nitrogen and oxygen atoms in total. The highest BCUT2D eigenvalue weighted by molar-refractivity contribution is 5.31. The zero-order chi connectivity index (χ0) is 11.7. The van der Waals surface area contributed by atoms with Crippen LogP contribution in [0.2, 0.25) is 0 Å². The van der Waals surface area contributed by atoms with E-state index >= 15 is 0 Å². The summed E-state index contributed by atoms with van der Waals surface area (Å²) in [6.07, 6.45) is 4.04. The molecule has 2 unspecified atom stereocenters. The second kappa shape index (κ2) is 4.79. The second-order valence-electron chi connectivity index (χ2n) is 5.51. The maximum Gasteiger partial charge on any atom is 0.0337 e. The lowest BCUT2D eigenvalue weighted by Crippen LogP contribution is -2.32. The first-order chi connectivity index (χ1) is 8.34. The zero-order valence-electron chi connectivity index (χ0n) is 10.6. The molecule has 1 heterocycles. The van der Waals surface area contributed by atoms with E-state index in [9.17, 15) is 0 Å². The van der Waals surface area contributed by atoms with Gasteiger partial charge in [-0.2, -0.15) is 0 Å². The molecule has 2 atom stereocenters. The van der Waals surface area contributed by atoms with Gasteiger partial charge in [0.1, 0.15) is 0 Å². The van der Waals surface area contributed by atoms with Crippen LogP contribution in [0.25, 0.3) is 0 Å². The molecule has 0 saturated heterocycles. The minimum absolute atomic E-state index is 0.539. The molecule has 2 heteroatoms. The number of rotatable bonds is 3. The Morgan fingerprint density at radius 1 is 1.24 bits per heavy atom. The third-order valence-electron chi connectivity index (χ3n) is 4.15. The van der Waals surface area contributed by atoms with Gasteiger partial charge in [-0.05, 0) is 49.8 Å². The fourth-order valence-corrected chi connectivity index (χ4v) is 2.88. The van der Waals surface area contributed by atoms with Gasteiger partial charge in [0.25, 0.3) is 0 Å². The van der Waals surface area contributed by atoms with Crippen LogP contribution in [0.1, 0.15) is 43.4 Å². The molecule has 92 valence electrons. The van der Waals surface area contributed by atoms with Gasteiger partial charge in [-0.1, -0.05) is 24.3 Å². The summed E-state index contributed by atoms with van der Waals surface area (Å²) in [6.45, 7) is 4.48. The van der Waals surface area contributed by atoms with E-state index in [4.69, 9.17) is 0 Å².